The largest absolute Gasteiger partial charge is 0.387 e. The molecule has 128 valence electrons. The molecule has 1 amide bonds. The maximum Gasteiger partial charge on any atom is 0.228 e. The van der Waals surface area contributed by atoms with Gasteiger partial charge in [0.25, 0.3) is 0 Å². The normalized spacial score (nSPS) is 16.7. The molecule has 1 aromatic heterocycles. The van der Waals surface area contributed by atoms with Gasteiger partial charge in [0.1, 0.15) is 0 Å². The first-order valence-electron chi connectivity index (χ1n) is 8.63. The third-order valence-corrected chi connectivity index (χ3v) is 5.34. The molecule has 0 spiro atoms. The van der Waals surface area contributed by atoms with Gasteiger partial charge in [0.15, 0.2) is 0 Å². The van der Waals surface area contributed by atoms with E-state index in [1.54, 1.807) is 5.51 Å². The van der Waals surface area contributed by atoms with Crippen LogP contribution in [0.5, 0.6) is 0 Å². The summed E-state index contributed by atoms with van der Waals surface area (Å²) in [7, 11) is 0. The van der Waals surface area contributed by atoms with Crippen LogP contribution < -0.4 is 0 Å². The van der Waals surface area contributed by atoms with Crippen molar-refractivity contribution in [1.29, 1.82) is 0 Å². The van der Waals surface area contributed by atoms with Gasteiger partial charge in [-0.05, 0) is 18.4 Å². The predicted molar refractivity (Wildman–Crippen MR) is 95.8 cm³/mol. The van der Waals surface area contributed by atoms with Crippen LogP contribution >= 0.6 is 11.3 Å². The van der Waals surface area contributed by atoms with Crippen LogP contribution in [0, 0.1) is 0 Å². The average molecular weight is 344 g/mol. The second kappa shape index (κ2) is 8.40. The minimum Gasteiger partial charge on any atom is -0.387 e. The molecule has 1 aliphatic rings. The lowest BCUT2D eigenvalue weighted by atomic mass is 9.93. The first kappa shape index (κ1) is 17.1. The zero-order valence-electron chi connectivity index (χ0n) is 13.8. The first-order valence-corrected chi connectivity index (χ1v) is 9.58. The average Bonchev–Trinajstić information content (AvgIpc) is 3.14. The number of thiazole rings is 1. The van der Waals surface area contributed by atoms with Crippen molar-refractivity contribution in [3.8, 4) is 0 Å². The number of carbonyl (C=O) groups is 1. The Hall–Kier alpha value is -1.72. The molecule has 0 aliphatic heterocycles. The van der Waals surface area contributed by atoms with Crippen LogP contribution in [0.1, 0.15) is 49.5 Å². The first-order chi connectivity index (χ1) is 11.7. The van der Waals surface area contributed by atoms with E-state index in [1.165, 1.54) is 17.8 Å². The lowest BCUT2D eigenvalue weighted by Gasteiger charge is -2.35. The van der Waals surface area contributed by atoms with Gasteiger partial charge in [0, 0.05) is 11.4 Å². The summed E-state index contributed by atoms with van der Waals surface area (Å²) in [5.41, 5.74) is 3.44. The van der Waals surface area contributed by atoms with E-state index in [2.05, 4.69) is 4.98 Å². The van der Waals surface area contributed by atoms with Crippen LogP contribution in [0.4, 0.5) is 0 Å². The van der Waals surface area contributed by atoms with Crippen LogP contribution in [0.3, 0.4) is 0 Å². The molecule has 3 rings (SSSR count). The number of hydrogen-bond donors (Lipinski definition) is 1. The molecular formula is C19H24N2O2S. The summed E-state index contributed by atoms with van der Waals surface area (Å²) in [6.45, 7) is 0.359. The number of carbonyl (C=O) groups excluding carboxylic acids is 1. The highest BCUT2D eigenvalue weighted by molar-refractivity contribution is 7.07. The number of benzene rings is 1. The molecule has 4 nitrogen and oxygen atoms in total. The van der Waals surface area contributed by atoms with Crippen LogP contribution in [-0.4, -0.2) is 33.5 Å². The van der Waals surface area contributed by atoms with Gasteiger partial charge in [-0.3, -0.25) is 4.79 Å². The van der Waals surface area contributed by atoms with E-state index < -0.39 is 6.10 Å². The second-order valence-electron chi connectivity index (χ2n) is 6.42. The SMILES string of the molecule is O=C(Cc1cscn1)N(C[C@H](O)c1ccccc1)C1CCCCC1. The fourth-order valence-corrected chi connectivity index (χ4v) is 3.95. The van der Waals surface area contributed by atoms with Gasteiger partial charge in [0.2, 0.25) is 5.91 Å². The molecule has 1 aromatic carbocycles. The van der Waals surface area contributed by atoms with Gasteiger partial charge in [-0.15, -0.1) is 11.3 Å². The Bertz CT molecular complexity index is 624. The molecule has 1 atom stereocenters. The van der Waals surface area contributed by atoms with Crippen LogP contribution in [0.2, 0.25) is 0 Å². The minimum absolute atomic E-state index is 0.0720. The maximum absolute atomic E-state index is 12.9. The molecule has 5 heteroatoms. The minimum atomic E-state index is -0.646. The maximum atomic E-state index is 12.9. The second-order valence-corrected chi connectivity index (χ2v) is 7.14. The van der Waals surface area contributed by atoms with E-state index in [9.17, 15) is 9.90 Å². The molecule has 24 heavy (non-hydrogen) atoms. The third-order valence-electron chi connectivity index (χ3n) is 4.71. The molecule has 1 aliphatic carbocycles. The molecule has 0 unspecified atom stereocenters. The zero-order chi connectivity index (χ0) is 16.8. The summed E-state index contributed by atoms with van der Waals surface area (Å²) in [5, 5.41) is 12.5. The molecule has 1 N–H and O–H groups in total. The predicted octanol–water partition coefficient (Wildman–Crippen LogP) is 3.58. The Labute approximate surface area is 147 Å². The van der Waals surface area contributed by atoms with Gasteiger partial charge < -0.3 is 10.0 Å². The number of rotatable bonds is 6. The topological polar surface area (TPSA) is 53.4 Å². The van der Waals surface area contributed by atoms with Gasteiger partial charge >= 0.3 is 0 Å². The van der Waals surface area contributed by atoms with E-state index in [4.69, 9.17) is 0 Å². The number of hydrogen-bond acceptors (Lipinski definition) is 4. The standard InChI is InChI=1S/C19H24N2O2S/c22-18(15-7-3-1-4-8-15)12-21(17-9-5-2-6-10-17)19(23)11-16-13-24-14-20-16/h1,3-4,7-8,13-14,17-18,22H,2,5-6,9-12H2/t18-/m0/s1. The van der Waals surface area contributed by atoms with Crippen molar-refractivity contribution in [2.24, 2.45) is 0 Å². The van der Waals surface area contributed by atoms with Crippen molar-refractivity contribution in [3.63, 3.8) is 0 Å². The molecule has 1 heterocycles. The highest BCUT2D eigenvalue weighted by Gasteiger charge is 2.28. The van der Waals surface area contributed by atoms with Gasteiger partial charge in [-0.25, -0.2) is 4.98 Å². The van der Waals surface area contributed by atoms with Crippen molar-refractivity contribution in [1.82, 2.24) is 9.88 Å². The van der Waals surface area contributed by atoms with Crippen molar-refractivity contribution in [3.05, 3.63) is 52.5 Å². The lowest BCUT2D eigenvalue weighted by Crippen LogP contribution is -2.44. The van der Waals surface area contributed by atoms with Crippen molar-refractivity contribution >= 4 is 17.2 Å². The molecule has 0 radical (unpaired) electrons. The number of amides is 1. The molecular weight excluding hydrogens is 320 g/mol. The molecule has 1 saturated carbocycles. The quantitative estimate of drug-likeness (QED) is 0.871. The summed E-state index contributed by atoms with van der Waals surface area (Å²) >= 11 is 1.51. The summed E-state index contributed by atoms with van der Waals surface area (Å²) < 4.78 is 0. The summed E-state index contributed by atoms with van der Waals surface area (Å²) in [4.78, 5) is 19.0. The number of aromatic nitrogens is 1. The third kappa shape index (κ3) is 4.42. The Morgan fingerprint density at radius 3 is 2.67 bits per heavy atom. The van der Waals surface area contributed by atoms with Crippen molar-refractivity contribution in [2.45, 2.75) is 50.7 Å². The van der Waals surface area contributed by atoms with Gasteiger partial charge in [0.05, 0.1) is 30.3 Å². The summed E-state index contributed by atoms with van der Waals surface area (Å²) in [6.07, 6.45) is 5.30. The lowest BCUT2D eigenvalue weighted by molar-refractivity contribution is -0.135. The Morgan fingerprint density at radius 1 is 1.25 bits per heavy atom. The van der Waals surface area contributed by atoms with E-state index in [0.29, 0.717) is 13.0 Å². The number of aliphatic hydroxyl groups is 1. The van der Waals surface area contributed by atoms with E-state index >= 15 is 0 Å². The Morgan fingerprint density at radius 2 is 2.00 bits per heavy atom. The van der Waals surface area contributed by atoms with Gasteiger partial charge in [-0.2, -0.15) is 0 Å². The molecule has 2 aromatic rings. The van der Waals surface area contributed by atoms with E-state index in [1.807, 2.05) is 40.6 Å². The Kier molecular flexibility index (Phi) is 5.99. The summed E-state index contributed by atoms with van der Waals surface area (Å²) in [6, 6.07) is 9.83. The number of nitrogens with zero attached hydrogens (tertiary/aromatic N) is 2. The smallest absolute Gasteiger partial charge is 0.228 e. The Balaban J connectivity index is 1.72. The molecule has 0 bridgehead atoms. The van der Waals surface area contributed by atoms with Gasteiger partial charge in [-0.1, -0.05) is 49.6 Å². The summed E-state index contributed by atoms with van der Waals surface area (Å²) in [5.74, 6) is 0.0720. The fraction of sp³-hybridized carbons (Fsp3) is 0.474. The monoisotopic (exact) mass is 344 g/mol. The van der Waals surface area contributed by atoms with Crippen LogP contribution in [0.25, 0.3) is 0 Å². The molecule has 1 fully saturated rings. The van der Waals surface area contributed by atoms with Crippen molar-refractivity contribution < 1.29 is 9.90 Å². The highest BCUT2D eigenvalue weighted by Crippen LogP contribution is 2.25. The number of aliphatic hydroxyl groups excluding tert-OH is 1. The zero-order valence-corrected chi connectivity index (χ0v) is 14.6. The van der Waals surface area contributed by atoms with Crippen LogP contribution in [0.15, 0.2) is 41.2 Å². The fourth-order valence-electron chi connectivity index (χ4n) is 3.40. The molecule has 0 saturated heterocycles. The van der Waals surface area contributed by atoms with E-state index in [0.717, 1.165) is 36.9 Å². The van der Waals surface area contributed by atoms with Crippen molar-refractivity contribution in [2.75, 3.05) is 6.54 Å². The van der Waals surface area contributed by atoms with E-state index in [-0.39, 0.29) is 11.9 Å². The van der Waals surface area contributed by atoms with Crippen LogP contribution in [-0.2, 0) is 11.2 Å². The highest BCUT2D eigenvalue weighted by atomic mass is 32.1.